The number of nitrogens with two attached hydrogens (primary N) is 1. The minimum absolute atomic E-state index is 0.888. The van der Waals surface area contributed by atoms with Crippen LogP contribution in [0.3, 0.4) is 0 Å². The summed E-state index contributed by atoms with van der Waals surface area (Å²) in [6.45, 7) is 4.19. The third-order valence-corrected chi connectivity index (χ3v) is 4.05. The van der Waals surface area contributed by atoms with E-state index < -0.39 is 0 Å². The van der Waals surface area contributed by atoms with E-state index in [1.165, 1.54) is 16.8 Å². The predicted octanol–water partition coefficient (Wildman–Crippen LogP) is 3.18. The van der Waals surface area contributed by atoms with E-state index in [2.05, 4.69) is 54.3 Å². The molecule has 0 fully saturated rings. The average Bonchev–Trinajstić information content (AvgIpc) is 2.64. The molecule has 1 heterocycles. The molecule has 0 amide bonds. The molecule has 19 heavy (non-hydrogen) atoms. The molecule has 2 nitrogen and oxygen atoms in total. The lowest BCUT2D eigenvalue weighted by Crippen LogP contribution is -2.26. The van der Waals surface area contributed by atoms with Crippen LogP contribution in [0.4, 0.5) is 11.4 Å². The molecule has 1 aliphatic heterocycles. The van der Waals surface area contributed by atoms with Gasteiger partial charge in [-0.2, -0.15) is 0 Å². The zero-order chi connectivity index (χ0) is 13.2. The van der Waals surface area contributed by atoms with Crippen molar-refractivity contribution in [2.75, 3.05) is 23.7 Å². The van der Waals surface area contributed by atoms with Gasteiger partial charge in [-0.3, -0.25) is 0 Å². The van der Waals surface area contributed by atoms with Crippen LogP contribution in [0.25, 0.3) is 0 Å². The Morgan fingerprint density at radius 2 is 1.58 bits per heavy atom. The van der Waals surface area contributed by atoms with Crippen LogP contribution < -0.4 is 10.6 Å². The topological polar surface area (TPSA) is 29.3 Å². The van der Waals surface area contributed by atoms with E-state index in [4.69, 9.17) is 5.73 Å². The van der Waals surface area contributed by atoms with Gasteiger partial charge in [0.2, 0.25) is 0 Å². The molecule has 0 bridgehead atoms. The molecule has 0 saturated carbocycles. The largest absolute Gasteiger partial charge is 0.398 e. The van der Waals surface area contributed by atoms with Crippen molar-refractivity contribution in [1.82, 2.24) is 0 Å². The number of nitrogen functional groups attached to an aromatic ring is 1. The van der Waals surface area contributed by atoms with Gasteiger partial charge in [0, 0.05) is 24.5 Å². The highest BCUT2D eigenvalue weighted by molar-refractivity contribution is 5.60. The van der Waals surface area contributed by atoms with E-state index >= 15 is 0 Å². The van der Waals surface area contributed by atoms with Crippen molar-refractivity contribution in [2.45, 2.75) is 19.8 Å². The molecule has 0 atom stereocenters. The average molecular weight is 252 g/mol. The summed E-state index contributed by atoms with van der Waals surface area (Å²) in [4.78, 5) is 2.44. The standard InChI is InChI=1S/C17H20N2/c1-13-6-7-16(12-17(13)18)19-10-8-14-4-2-3-5-15(14)9-11-19/h2-7,12H,8-11,18H2,1H3. The lowest BCUT2D eigenvalue weighted by atomic mass is 10.0. The molecule has 0 spiro atoms. The first kappa shape index (κ1) is 12.1. The van der Waals surface area contributed by atoms with Gasteiger partial charge in [-0.25, -0.2) is 0 Å². The quantitative estimate of drug-likeness (QED) is 0.790. The minimum atomic E-state index is 0.888. The van der Waals surface area contributed by atoms with Gasteiger partial charge in [0.1, 0.15) is 0 Å². The third-order valence-electron chi connectivity index (χ3n) is 4.05. The van der Waals surface area contributed by atoms with Crippen LogP contribution in [-0.2, 0) is 12.8 Å². The van der Waals surface area contributed by atoms with E-state index in [-0.39, 0.29) is 0 Å². The molecule has 2 aromatic carbocycles. The van der Waals surface area contributed by atoms with Crippen molar-refractivity contribution in [1.29, 1.82) is 0 Å². The van der Waals surface area contributed by atoms with Crippen molar-refractivity contribution in [3.8, 4) is 0 Å². The summed E-state index contributed by atoms with van der Waals surface area (Å²) in [7, 11) is 0. The summed E-state index contributed by atoms with van der Waals surface area (Å²) in [6.07, 6.45) is 2.23. The third kappa shape index (κ3) is 2.43. The zero-order valence-electron chi connectivity index (χ0n) is 11.4. The number of rotatable bonds is 1. The van der Waals surface area contributed by atoms with Crippen molar-refractivity contribution >= 4 is 11.4 Å². The summed E-state index contributed by atoms with van der Waals surface area (Å²) in [5, 5.41) is 0. The molecule has 0 aromatic heterocycles. The lowest BCUT2D eigenvalue weighted by molar-refractivity contribution is 0.806. The zero-order valence-corrected chi connectivity index (χ0v) is 11.4. The second-order valence-electron chi connectivity index (χ2n) is 5.30. The second kappa shape index (κ2) is 4.96. The van der Waals surface area contributed by atoms with Gasteiger partial charge in [0.05, 0.1) is 0 Å². The second-order valence-corrected chi connectivity index (χ2v) is 5.30. The van der Waals surface area contributed by atoms with Gasteiger partial charge < -0.3 is 10.6 Å². The Kier molecular flexibility index (Phi) is 3.16. The Balaban J connectivity index is 1.83. The van der Waals surface area contributed by atoms with Crippen molar-refractivity contribution in [3.05, 3.63) is 59.2 Å². The molecule has 2 N–H and O–H groups in total. The summed E-state index contributed by atoms with van der Waals surface area (Å²) < 4.78 is 0. The van der Waals surface area contributed by atoms with Gasteiger partial charge in [-0.1, -0.05) is 30.3 Å². The highest BCUT2D eigenvalue weighted by Crippen LogP contribution is 2.24. The summed E-state index contributed by atoms with van der Waals surface area (Å²) in [5.74, 6) is 0. The van der Waals surface area contributed by atoms with Crippen molar-refractivity contribution < 1.29 is 0 Å². The van der Waals surface area contributed by atoms with E-state index in [1.807, 2.05) is 0 Å². The van der Waals surface area contributed by atoms with Gasteiger partial charge in [0.15, 0.2) is 0 Å². The number of nitrogens with zero attached hydrogens (tertiary/aromatic N) is 1. The molecule has 3 rings (SSSR count). The maximum atomic E-state index is 6.02. The maximum Gasteiger partial charge on any atom is 0.0387 e. The summed E-state index contributed by atoms with van der Waals surface area (Å²) >= 11 is 0. The van der Waals surface area contributed by atoms with Gasteiger partial charge in [-0.05, 0) is 48.6 Å². The number of anilines is 2. The van der Waals surface area contributed by atoms with E-state index in [0.717, 1.165) is 37.2 Å². The van der Waals surface area contributed by atoms with Crippen molar-refractivity contribution in [3.63, 3.8) is 0 Å². The molecule has 0 saturated heterocycles. The molecule has 2 heteroatoms. The van der Waals surface area contributed by atoms with Crippen LogP contribution in [0.5, 0.6) is 0 Å². The Hall–Kier alpha value is -1.96. The first-order chi connectivity index (χ1) is 9.24. The number of fused-ring (bicyclic) bond motifs is 1. The molecular formula is C17H20N2. The predicted molar refractivity (Wildman–Crippen MR) is 81.7 cm³/mol. The fourth-order valence-corrected chi connectivity index (χ4v) is 2.75. The van der Waals surface area contributed by atoms with Gasteiger partial charge >= 0.3 is 0 Å². The Bertz CT molecular complexity index is 563. The maximum absolute atomic E-state index is 6.02. The van der Waals surface area contributed by atoms with Crippen LogP contribution in [0, 0.1) is 6.92 Å². The highest BCUT2D eigenvalue weighted by atomic mass is 15.1. The Morgan fingerprint density at radius 3 is 2.16 bits per heavy atom. The molecular weight excluding hydrogens is 232 g/mol. The number of hydrogen-bond donors (Lipinski definition) is 1. The lowest BCUT2D eigenvalue weighted by Gasteiger charge is -2.23. The number of aryl methyl sites for hydroxylation is 1. The summed E-state index contributed by atoms with van der Waals surface area (Å²) in [5.41, 5.74) is 12.3. The van der Waals surface area contributed by atoms with Crippen LogP contribution in [0.15, 0.2) is 42.5 Å². The molecule has 0 unspecified atom stereocenters. The molecule has 0 aliphatic carbocycles. The van der Waals surface area contributed by atoms with Crippen LogP contribution >= 0.6 is 0 Å². The fraction of sp³-hybridized carbons (Fsp3) is 0.294. The molecule has 98 valence electrons. The summed E-state index contributed by atoms with van der Waals surface area (Å²) in [6, 6.07) is 15.2. The Morgan fingerprint density at radius 1 is 0.947 bits per heavy atom. The minimum Gasteiger partial charge on any atom is -0.398 e. The van der Waals surface area contributed by atoms with Gasteiger partial charge in [-0.15, -0.1) is 0 Å². The first-order valence-corrected chi connectivity index (χ1v) is 6.92. The van der Waals surface area contributed by atoms with Crippen LogP contribution in [0.2, 0.25) is 0 Å². The first-order valence-electron chi connectivity index (χ1n) is 6.92. The van der Waals surface area contributed by atoms with Crippen molar-refractivity contribution in [2.24, 2.45) is 0 Å². The fourth-order valence-electron chi connectivity index (χ4n) is 2.75. The Labute approximate surface area is 114 Å². The number of benzene rings is 2. The van der Waals surface area contributed by atoms with Crippen LogP contribution in [-0.4, -0.2) is 13.1 Å². The smallest absolute Gasteiger partial charge is 0.0387 e. The normalized spacial score (nSPS) is 14.9. The van der Waals surface area contributed by atoms with E-state index in [9.17, 15) is 0 Å². The van der Waals surface area contributed by atoms with Crippen LogP contribution in [0.1, 0.15) is 16.7 Å². The number of hydrogen-bond acceptors (Lipinski definition) is 2. The monoisotopic (exact) mass is 252 g/mol. The highest BCUT2D eigenvalue weighted by Gasteiger charge is 2.14. The van der Waals surface area contributed by atoms with E-state index in [0.29, 0.717) is 0 Å². The molecule has 1 aliphatic rings. The molecule has 0 radical (unpaired) electrons. The molecule has 2 aromatic rings. The van der Waals surface area contributed by atoms with E-state index in [1.54, 1.807) is 0 Å². The van der Waals surface area contributed by atoms with Gasteiger partial charge in [0.25, 0.3) is 0 Å². The SMILES string of the molecule is Cc1ccc(N2CCc3ccccc3CC2)cc1N.